The molecule has 2 aromatic carbocycles. The lowest BCUT2D eigenvalue weighted by Gasteiger charge is -2.32. The number of carboxylic acids is 1. The van der Waals surface area contributed by atoms with Crippen LogP contribution in [-0.4, -0.2) is 47.1 Å². The van der Waals surface area contributed by atoms with E-state index in [9.17, 15) is 14.7 Å². The van der Waals surface area contributed by atoms with Crippen LogP contribution >= 0.6 is 0 Å². The molecule has 0 bridgehead atoms. The van der Waals surface area contributed by atoms with Crippen molar-refractivity contribution in [1.82, 2.24) is 5.32 Å². The molecule has 34 heavy (non-hydrogen) atoms. The number of aliphatic carboxylic acids is 1. The third kappa shape index (κ3) is 6.18. The van der Waals surface area contributed by atoms with Gasteiger partial charge >= 0.3 is 19.2 Å². The standard InChI is InChI=1S/C26H34BNO6/c1-24(2,3)32-23(31)28-21(22(29)30)16-17-8-10-18(11-9-17)19-12-14-20(15-13-19)27-33-25(4,5)26(6,7)34-27/h8-15,21H,16H2,1-7H3,(H,28,31)(H,29,30). The second-order valence-corrected chi connectivity index (χ2v) is 10.6. The minimum atomic E-state index is -1.12. The summed E-state index contributed by atoms with van der Waals surface area (Å²) in [6.45, 7) is 13.3. The van der Waals surface area contributed by atoms with Gasteiger partial charge in [0.25, 0.3) is 0 Å². The highest BCUT2D eigenvalue weighted by atomic mass is 16.7. The van der Waals surface area contributed by atoms with Gasteiger partial charge in [-0.2, -0.15) is 0 Å². The number of carbonyl (C=O) groups excluding carboxylic acids is 1. The fourth-order valence-corrected chi connectivity index (χ4v) is 3.53. The summed E-state index contributed by atoms with van der Waals surface area (Å²) in [5.41, 5.74) is 2.28. The van der Waals surface area contributed by atoms with Crippen molar-refractivity contribution >= 4 is 24.6 Å². The number of benzene rings is 2. The summed E-state index contributed by atoms with van der Waals surface area (Å²) >= 11 is 0. The van der Waals surface area contributed by atoms with Crippen LogP contribution in [0.5, 0.6) is 0 Å². The number of ether oxygens (including phenoxy) is 1. The van der Waals surface area contributed by atoms with E-state index in [4.69, 9.17) is 14.0 Å². The second-order valence-electron chi connectivity index (χ2n) is 10.6. The summed E-state index contributed by atoms with van der Waals surface area (Å²) in [6.07, 6.45) is -0.603. The van der Waals surface area contributed by atoms with Crippen molar-refractivity contribution in [2.45, 2.75) is 77.7 Å². The number of hydrogen-bond donors (Lipinski definition) is 2. The van der Waals surface area contributed by atoms with Crippen LogP contribution < -0.4 is 10.8 Å². The van der Waals surface area contributed by atoms with Gasteiger partial charge in [-0.15, -0.1) is 0 Å². The molecule has 7 nitrogen and oxygen atoms in total. The minimum Gasteiger partial charge on any atom is -0.480 e. The Morgan fingerprint density at radius 1 is 0.941 bits per heavy atom. The summed E-state index contributed by atoms with van der Waals surface area (Å²) in [6, 6.07) is 14.5. The van der Waals surface area contributed by atoms with Gasteiger partial charge in [0.15, 0.2) is 0 Å². The fraction of sp³-hybridized carbons (Fsp3) is 0.462. The average Bonchev–Trinajstić information content (AvgIpc) is 2.94. The Morgan fingerprint density at radius 2 is 1.41 bits per heavy atom. The van der Waals surface area contributed by atoms with E-state index in [-0.39, 0.29) is 6.42 Å². The van der Waals surface area contributed by atoms with E-state index < -0.39 is 42.0 Å². The maximum Gasteiger partial charge on any atom is 0.494 e. The molecule has 182 valence electrons. The van der Waals surface area contributed by atoms with E-state index in [1.165, 1.54) is 0 Å². The number of nitrogens with one attached hydrogen (secondary N) is 1. The number of carboxylic acid groups (broad SMARTS) is 1. The summed E-state index contributed by atoms with van der Waals surface area (Å²) in [7, 11) is -0.410. The van der Waals surface area contributed by atoms with Crippen molar-refractivity contribution in [1.29, 1.82) is 0 Å². The highest BCUT2D eigenvalue weighted by Crippen LogP contribution is 2.36. The molecule has 0 aliphatic carbocycles. The molecule has 1 amide bonds. The third-order valence-electron chi connectivity index (χ3n) is 6.15. The first-order chi connectivity index (χ1) is 15.7. The SMILES string of the molecule is CC(C)(C)OC(=O)NC(Cc1ccc(-c2ccc(B3OC(C)(C)C(C)(C)O3)cc2)cc1)C(=O)O. The molecule has 1 aliphatic heterocycles. The predicted octanol–water partition coefficient (Wildman–Crippen LogP) is 4.17. The zero-order chi connectivity index (χ0) is 25.3. The summed E-state index contributed by atoms with van der Waals surface area (Å²) in [4.78, 5) is 23.6. The molecule has 1 aliphatic rings. The number of alkyl carbamates (subject to hydrolysis) is 1. The van der Waals surface area contributed by atoms with E-state index in [2.05, 4.69) is 5.32 Å². The van der Waals surface area contributed by atoms with Crippen molar-refractivity contribution in [2.75, 3.05) is 0 Å². The number of hydrogen-bond acceptors (Lipinski definition) is 5. The highest BCUT2D eigenvalue weighted by molar-refractivity contribution is 6.62. The zero-order valence-electron chi connectivity index (χ0n) is 21.0. The molecule has 1 fully saturated rings. The highest BCUT2D eigenvalue weighted by Gasteiger charge is 2.51. The van der Waals surface area contributed by atoms with Crippen LogP contribution in [0.2, 0.25) is 0 Å². The van der Waals surface area contributed by atoms with Gasteiger partial charge in [0.05, 0.1) is 11.2 Å². The Balaban J connectivity index is 1.66. The van der Waals surface area contributed by atoms with E-state index in [0.29, 0.717) is 0 Å². The van der Waals surface area contributed by atoms with E-state index in [1.54, 1.807) is 20.8 Å². The molecule has 0 radical (unpaired) electrons. The van der Waals surface area contributed by atoms with Crippen molar-refractivity contribution in [2.24, 2.45) is 0 Å². The largest absolute Gasteiger partial charge is 0.494 e. The first-order valence-electron chi connectivity index (χ1n) is 11.4. The lowest BCUT2D eigenvalue weighted by Crippen LogP contribution is -2.44. The van der Waals surface area contributed by atoms with Gasteiger partial charge in [-0.3, -0.25) is 0 Å². The average molecular weight is 467 g/mol. The van der Waals surface area contributed by atoms with Crippen molar-refractivity contribution < 1.29 is 28.7 Å². The Kier molecular flexibility index (Phi) is 7.15. The van der Waals surface area contributed by atoms with Crippen LogP contribution in [0.4, 0.5) is 4.79 Å². The van der Waals surface area contributed by atoms with Crippen LogP contribution in [0, 0.1) is 0 Å². The Hall–Kier alpha value is -2.84. The number of rotatable bonds is 6. The maximum atomic E-state index is 12.0. The second kappa shape index (κ2) is 9.43. The van der Waals surface area contributed by atoms with Gasteiger partial charge in [-0.1, -0.05) is 48.5 Å². The van der Waals surface area contributed by atoms with Gasteiger partial charge in [0, 0.05) is 6.42 Å². The predicted molar refractivity (Wildman–Crippen MR) is 132 cm³/mol. The van der Waals surface area contributed by atoms with Crippen molar-refractivity contribution in [3.63, 3.8) is 0 Å². The molecular weight excluding hydrogens is 433 g/mol. The van der Waals surface area contributed by atoms with Crippen LogP contribution in [0.3, 0.4) is 0 Å². The lowest BCUT2D eigenvalue weighted by atomic mass is 9.78. The Bertz CT molecular complexity index is 1010. The quantitative estimate of drug-likeness (QED) is 0.620. The maximum absolute atomic E-state index is 12.0. The molecule has 2 N–H and O–H groups in total. The summed E-state index contributed by atoms with van der Waals surface area (Å²) in [5.74, 6) is -1.12. The van der Waals surface area contributed by atoms with Gasteiger partial charge in [-0.25, -0.2) is 9.59 Å². The minimum absolute atomic E-state index is 0.149. The van der Waals surface area contributed by atoms with Crippen molar-refractivity contribution in [3.8, 4) is 11.1 Å². The Labute approximate surface area is 201 Å². The topological polar surface area (TPSA) is 94.1 Å². The third-order valence-corrected chi connectivity index (χ3v) is 6.15. The molecule has 0 spiro atoms. The number of carbonyl (C=O) groups is 2. The monoisotopic (exact) mass is 467 g/mol. The first kappa shape index (κ1) is 25.8. The van der Waals surface area contributed by atoms with Gasteiger partial charge in [0.2, 0.25) is 0 Å². The molecule has 2 aromatic rings. The van der Waals surface area contributed by atoms with Gasteiger partial charge in [0.1, 0.15) is 11.6 Å². The molecule has 0 aromatic heterocycles. The zero-order valence-corrected chi connectivity index (χ0v) is 21.0. The fourth-order valence-electron chi connectivity index (χ4n) is 3.53. The molecular formula is C26H34BNO6. The van der Waals surface area contributed by atoms with Gasteiger partial charge < -0.3 is 24.5 Å². The smallest absolute Gasteiger partial charge is 0.480 e. The molecule has 1 atom stereocenters. The molecule has 8 heteroatoms. The van der Waals surface area contributed by atoms with Crippen LogP contribution in [0.15, 0.2) is 48.5 Å². The van der Waals surface area contributed by atoms with E-state index in [1.807, 2.05) is 76.2 Å². The van der Waals surface area contributed by atoms with E-state index >= 15 is 0 Å². The normalized spacial score (nSPS) is 17.8. The molecule has 3 rings (SSSR count). The first-order valence-corrected chi connectivity index (χ1v) is 11.4. The lowest BCUT2D eigenvalue weighted by molar-refractivity contribution is -0.139. The summed E-state index contributed by atoms with van der Waals surface area (Å²) < 4.78 is 17.4. The Morgan fingerprint density at radius 3 is 1.85 bits per heavy atom. The summed E-state index contributed by atoms with van der Waals surface area (Å²) in [5, 5.41) is 11.9. The van der Waals surface area contributed by atoms with Crippen molar-refractivity contribution in [3.05, 3.63) is 54.1 Å². The van der Waals surface area contributed by atoms with Crippen LogP contribution in [0.25, 0.3) is 11.1 Å². The number of amides is 1. The molecule has 1 unspecified atom stereocenters. The molecule has 1 saturated heterocycles. The molecule has 0 saturated carbocycles. The molecule has 1 heterocycles. The van der Waals surface area contributed by atoms with Gasteiger partial charge in [-0.05, 0) is 70.6 Å². The van der Waals surface area contributed by atoms with Crippen LogP contribution in [-0.2, 0) is 25.3 Å². The van der Waals surface area contributed by atoms with E-state index in [0.717, 1.165) is 22.2 Å². The van der Waals surface area contributed by atoms with Crippen LogP contribution in [0.1, 0.15) is 54.0 Å².